The minimum absolute atomic E-state index is 0.455. The molecule has 4 nitrogen and oxygen atoms in total. The zero-order chi connectivity index (χ0) is 12.8. The average Bonchev–Trinajstić information content (AvgIpc) is 2.39. The van der Waals surface area contributed by atoms with Crippen molar-refractivity contribution >= 4 is 11.8 Å². The molecule has 0 aliphatic rings. The number of nitrogens with one attached hydrogen (secondary N) is 1. The van der Waals surface area contributed by atoms with Crippen molar-refractivity contribution in [3.8, 4) is 0 Å². The highest BCUT2D eigenvalue weighted by Crippen LogP contribution is 2.25. The third-order valence-electron chi connectivity index (χ3n) is 2.28. The standard InChI is InChI=1S/C13H16N4S/c1-10(2)17-9-11-5-3-6-14-12(11)18-13-15-7-4-8-16-13/h3-8,10,17H,9H2,1-2H3. The predicted molar refractivity (Wildman–Crippen MR) is 72.4 cm³/mol. The monoisotopic (exact) mass is 260 g/mol. The lowest BCUT2D eigenvalue weighted by Gasteiger charge is -2.10. The van der Waals surface area contributed by atoms with Gasteiger partial charge in [-0.2, -0.15) is 0 Å². The molecular weight excluding hydrogens is 244 g/mol. The van der Waals surface area contributed by atoms with Gasteiger partial charge in [-0.15, -0.1) is 0 Å². The molecule has 0 aromatic carbocycles. The number of pyridine rings is 1. The molecule has 18 heavy (non-hydrogen) atoms. The van der Waals surface area contributed by atoms with Gasteiger partial charge in [0.25, 0.3) is 0 Å². The third-order valence-corrected chi connectivity index (χ3v) is 3.24. The Bertz CT molecular complexity index is 487. The molecule has 0 saturated heterocycles. The van der Waals surface area contributed by atoms with E-state index in [-0.39, 0.29) is 0 Å². The largest absolute Gasteiger partial charge is 0.310 e. The van der Waals surface area contributed by atoms with Crippen molar-refractivity contribution in [1.82, 2.24) is 20.3 Å². The zero-order valence-electron chi connectivity index (χ0n) is 10.5. The van der Waals surface area contributed by atoms with Crippen LogP contribution < -0.4 is 5.32 Å². The molecule has 2 aromatic rings. The van der Waals surface area contributed by atoms with Gasteiger partial charge >= 0.3 is 0 Å². The van der Waals surface area contributed by atoms with Crippen molar-refractivity contribution < 1.29 is 0 Å². The third kappa shape index (κ3) is 3.78. The van der Waals surface area contributed by atoms with Crippen LogP contribution in [0, 0.1) is 0 Å². The molecule has 0 bridgehead atoms. The van der Waals surface area contributed by atoms with Crippen LogP contribution in [0.5, 0.6) is 0 Å². The molecule has 0 saturated carbocycles. The first-order valence-electron chi connectivity index (χ1n) is 5.88. The van der Waals surface area contributed by atoms with Crippen LogP contribution in [0.4, 0.5) is 0 Å². The average molecular weight is 260 g/mol. The maximum Gasteiger partial charge on any atom is 0.193 e. The summed E-state index contributed by atoms with van der Waals surface area (Å²) in [5.41, 5.74) is 1.17. The first kappa shape index (κ1) is 13.0. The molecule has 0 radical (unpaired) electrons. The lowest BCUT2D eigenvalue weighted by molar-refractivity contribution is 0.582. The lowest BCUT2D eigenvalue weighted by atomic mass is 10.2. The summed E-state index contributed by atoms with van der Waals surface area (Å²) in [6.07, 6.45) is 5.28. The fraction of sp³-hybridized carbons (Fsp3) is 0.308. The fourth-order valence-electron chi connectivity index (χ4n) is 1.39. The van der Waals surface area contributed by atoms with Gasteiger partial charge < -0.3 is 5.32 Å². The topological polar surface area (TPSA) is 50.7 Å². The Labute approximate surface area is 111 Å². The number of aromatic nitrogens is 3. The quantitative estimate of drug-likeness (QED) is 0.837. The summed E-state index contributed by atoms with van der Waals surface area (Å²) in [4.78, 5) is 12.8. The summed E-state index contributed by atoms with van der Waals surface area (Å²) in [5, 5.41) is 5.07. The van der Waals surface area contributed by atoms with E-state index < -0.39 is 0 Å². The molecule has 94 valence electrons. The van der Waals surface area contributed by atoms with Gasteiger partial charge in [-0.05, 0) is 29.5 Å². The molecule has 0 aliphatic heterocycles. The first-order chi connectivity index (χ1) is 8.75. The van der Waals surface area contributed by atoms with E-state index in [1.165, 1.54) is 17.3 Å². The Balaban J connectivity index is 2.12. The van der Waals surface area contributed by atoms with E-state index in [0.717, 1.165) is 16.7 Å². The van der Waals surface area contributed by atoms with Crippen molar-refractivity contribution in [1.29, 1.82) is 0 Å². The van der Waals surface area contributed by atoms with Crippen molar-refractivity contribution in [3.05, 3.63) is 42.4 Å². The highest BCUT2D eigenvalue weighted by atomic mass is 32.2. The molecule has 2 heterocycles. The van der Waals surface area contributed by atoms with E-state index in [9.17, 15) is 0 Å². The molecule has 0 spiro atoms. The van der Waals surface area contributed by atoms with Gasteiger partial charge in [-0.3, -0.25) is 0 Å². The maximum absolute atomic E-state index is 4.39. The van der Waals surface area contributed by atoms with Gasteiger partial charge in [0, 0.05) is 31.2 Å². The van der Waals surface area contributed by atoms with Gasteiger partial charge in [0.2, 0.25) is 0 Å². The second-order valence-electron chi connectivity index (χ2n) is 4.14. The summed E-state index contributed by atoms with van der Waals surface area (Å²) in [6.45, 7) is 5.06. The highest BCUT2D eigenvalue weighted by Gasteiger charge is 2.07. The normalized spacial score (nSPS) is 10.8. The minimum atomic E-state index is 0.455. The number of hydrogen-bond donors (Lipinski definition) is 1. The number of nitrogens with zero attached hydrogens (tertiary/aromatic N) is 3. The van der Waals surface area contributed by atoms with Crippen LogP contribution in [-0.2, 0) is 6.54 Å². The van der Waals surface area contributed by atoms with Crippen LogP contribution in [0.25, 0.3) is 0 Å². The Kier molecular flexibility index (Phi) is 4.66. The Morgan fingerprint density at radius 3 is 2.56 bits per heavy atom. The smallest absolute Gasteiger partial charge is 0.193 e. The molecule has 5 heteroatoms. The summed E-state index contributed by atoms with van der Waals surface area (Å²) >= 11 is 1.49. The van der Waals surface area contributed by atoms with Gasteiger partial charge in [-0.25, -0.2) is 15.0 Å². The second kappa shape index (κ2) is 6.47. The van der Waals surface area contributed by atoms with E-state index in [2.05, 4.69) is 40.2 Å². The van der Waals surface area contributed by atoms with Gasteiger partial charge in [-0.1, -0.05) is 19.9 Å². The minimum Gasteiger partial charge on any atom is -0.310 e. The molecule has 0 aliphatic carbocycles. The van der Waals surface area contributed by atoms with Crippen molar-refractivity contribution in [2.75, 3.05) is 0 Å². The van der Waals surface area contributed by atoms with E-state index in [4.69, 9.17) is 0 Å². The Morgan fingerprint density at radius 1 is 1.11 bits per heavy atom. The van der Waals surface area contributed by atoms with Crippen molar-refractivity contribution in [2.24, 2.45) is 0 Å². The van der Waals surface area contributed by atoms with Gasteiger partial charge in [0.15, 0.2) is 5.16 Å². The van der Waals surface area contributed by atoms with Gasteiger partial charge in [0.1, 0.15) is 5.03 Å². The molecule has 2 rings (SSSR count). The molecule has 0 fully saturated rings. The molecule has 0 amide bonds. The summed E-state index contributed by atoms with van der Waals surface area (Å²) < 4.78 is 0. The highest BCUT2D eigenvalue weighted by molar-refractivity contribution is 7.99. The number of hydrogen-bond acceptors (Lipinski definition) is 5. The van der Waals surface area contributed by atoms with Crippen LogP contribution in [0.2, 0.25) is 0 Å². The van der Waals surface area contributed by atoms with E-state index in [1.807, 2.05) is 12.1 Å². The SMILES string of the molecule is CC(C)NCc1cccnc1Sc1ncccn1. The number of rotatable bonds is 5. The van der Waals surface area contributed by atoms with Crippen LogP contribution in [0.1, 0.15) is 19.4 Å². The molecule has 1 N–H and O–H groups in total. The summed E-state index contributed by atoms with van der Waals surface area (Å²) in [5.74, 6) is 0. The molecular formula is C13H16N4S. The summed E-state index contributed by atoms with van der Waals surface area (Å²) in [6, 6.07) is 6.29. The predicted octanol–water partition coefficient (Wildman–Crippen LogP) is 2.52. The Hall–Kier alpha value is -1.46. The van der Waals surface area contributed by atoms with Crippen molar-refractivity contribution in [3.63, 3.8) is 0 Å². The zero-order valence-corrected chi connectivity index (χ0v) is 11.3. The van der Waals surface area contributed by atoms with Crippen molar-refractivity contribution in [2.45, 2.75) is 36.6 Å². The van der Waals surface area contributed by atoms with E-state index >= 15 is 0 Å². The first-order valence-corrected chi connectivity index (χ1v) is 6.69. The van der Waals surface area contributed by atoms with E-state index in [0.29, 0.717) is 6.04 Å². The maximum atomic E-state index is 4.39. The Morgan fingerprint density at radius 2 is 1.83 bits per heavy atom. The van der Waals surface area contributed by atoms with Crippen LogP contribution >= 0.6 is 11.8 Å². The van der Waals surface area contributed by atoms with Crippen LogP contribution in [-0.4, -0.2) is 21.0 Å². The lowest BCUT2D eigenvalue weighted by Crippen LogP contribution is -2.22. The molecule has 0 unspecified atom stereocenters. The van der Waals surface area contributed by atoms with E-state index in [1.54, 1.807) is 18.6 Å². The summed E-state index contributed by atoms with van der Waals surface area (Å²) in [7, 11) is 0. The fourth-order valence-corrected chi connectivity index (χ4v) is 2.17. The van der Waals surface area contributed by atoms with Crippen LogP contribution in [0.15, 0.2) is 47.0 Å². The second-order valence-corrected chi connectivity index (χ2v) is 5.09. The van der Waals surface area contributed by atoms with Crippen LogP contribution in [0.3, 0.4) is 0 Å². The molecule has 0 atom stereocenters. The van der Waals surface area contributed by atoms with Gasteiger partial charge in [0.05, 0.1) is 0 Å². The molecule has 2 aromatic heterocycles.